The number of methoxy groups -OCH3 is 3. The Morgan fingerprint density at radius 3 is 2.27 bits per heavy atom. The van der Waals surface area contributed by atoms with Crippen molar-refractivity contribution in [3.63, 3.8) is 0 Å². The van der Waals surface area contributed by atoms with Crippen molar-refractivity contribution in [3.8, 4) is 17.2 Å². The summed E-state index contributed by atoms with van der Waals surface area (Å²) in [4.78, 5) is 12.6. The highest BCUT2D eigenvalue weighted by atomic mass is 16.5. The van der Waals surface area contributed by atoms with Crippen molar-refractivity contribution in [2.75, 3.05) is 54.2 Å². The predicted molar refractivity (Wildman–Crippen MR) is 99.1 cm³/mol. The molecule has 0 aromatic heterocycles. The quantitative estimate of drug-likeness (QED) is 0.613. The van der Waals surface area contributed by atoms with E-state index in [-0.39, 0.29) is 5.91 Å². The van der Waals surface area contributed by atoms with E-state index in [1.807, 2.05) is 12.1 Å². The van der Waals surface area contributed by atoms with E-state index in [1.54, 1.807) is 27.4 Å². The standard InChI is InChI=1S/C19H30N2O5/c1-23-14-19(5-8-20-9-6-19)18(22)21-7-4-10-26-17-12-15(24-2)11-16(13-17)25-3/h11-13,20H,4-10,14H2,1-3H3,(H,21,22). The molecule has 0 bridgehead atoms. The fourth-order valence-corrected chi connectivity index (χ4v) is 3.13. The first-order valence-electron chi connectivity index (χ1n) is 8.97. The number of hydrogen-bond acceptors (Lipinski definition) is 6. The third-order valence-corrected chi connectivity index (χ3v) is 4.66. The first-order valence-corrected chi connectivity index (χ1v) is 8.97. The van der Waals surface area contributed by atoms with E-state index in [9.17, 15) is 4.79 Å². The lowest BCUT2D eigenvalue weighted by Crippen LogP contribution is -2.50. The minimum absolute atomic E-state index is 0.0731. The first-order chi connectivity index (χ1) is 12.6. The van der Waals surface area contributed by atoms with Gasteiger partial charge in [0.05, 0.1) is 32.8 Å². The average molecular weight is 366 g/mol. The van der Waals surface area contributed by atoms with Crippen molar-refractivity contribution in [2.24, 2.45) is 5.41 Å². The molecule has 1 aliphatic rings. The zero-order valence-electron chi connectivity index (χ0n) is 15.9. The van der Waals surface area contributed by atoms with Crippen molar-refractivity contribution in [3.05, 3.63) is 18.2 Å². The number of hydrogen-bond donors (Lipinski definition) is 2. The molecule has 0 atom stereocenters. The lowest BCUT2D eigenvalue weighted by Gasteiger charge is -2.35. The van der Waals surface area contributed by atoms with Crippen LogP contribution in [0.15, 0.2) is 18.2 Å². The summed E-state index contributed by atoms with van der Waals surface area (Å²) >= 11 is 0. The van der Waals surface area contributed by atoms with Crippen molar-refractivity contribution in [1.82, 2.24) is 10.6 Å². The SMILES string of the molecule is COCC1(C(=O)NCCCOc2cc(OC)cc(OC)c2)CCNCC1. The van der Waals surface area contributed by atoms with Gasteiger partial charge in [-0.2, -0.15) is 0 Å². The maximum atomic E-state index is 12.6. The van der Waals surface area contributed by atoms with Gasteiger partial charge in [0.15, 0.2) is 0 Å². The van der Waals surface area contributed by atoms with E-state index in [2.05, 4.69) is 10.6 Å². The highest BCUT2D eigenvalue weighted by molar-refractivity contribution is 5.83. The smallest absolute Gasteiger partial charge is 0.228 e. The van der Waals surface area contributed by atoms with Crippen LogP contribution < -0.4 is 24.8 Å². The Morgan fingerprint density at radius 2 is 1.69 bits per heavy atom. The molecule has 0 radical (unpaired) electrons. The third kappa shape index (κ3) is 5.51. The molecule has 1 amide bonds. The predicted octanol–water partition coefficient (Wildman–Crippen LogP) is 1.61. The Labute approximate surface area is 155 Å². The van der Waals surface area contributed by atoms with Crippen LogP contribution in [-0.4, -0.2) is 60.1 Å². The van der Waals surface area contributed by atoms with E-state index >= 15 is 0 Å². The van der Waals surface area contributed by atoms with Gasteiger partial charge in [0.2, 0.25) is 5.91 Å². The second-order valence-corrected chi connectivity index (χ2v) is 6.47. The average Bonchev–Trinajstić information content (AvgIpc) is 2.68. The van der Waals surface area contributed by atoms with Gasteiger partial charge >= 0.3 is 0 Å². The van der Waals surface area contributed by atoms with E-state index in [0.717, 1.165) is 25.9 Å². The van der Waals surface area contributed by atoms with Gasteiger partial charge in [0, 0.05) is 31.9 Å². The second-order valence-electron chi connectivity index (χ2n) is 6.47. The molecule has 7 nitrogen and oxygen atoms in total. The molecule has 1 aromatic rings. The number of piperidine rings is 1. The van der Waals surface area contributed by atoms with Crippen LogP contribution >= 0.6 is 0 Å². The summed E-state index contributed by atoms with van der Waals surface area (Å²) in [6.45, 7) is 3.21. The van der Waals surface area contributed by atoms with Crippen molar-refractivity contribution < 1.29 is 23.7 Å². The summed E-state index contributed by atoms with van der Waals surface area (Å²) in [5, 5.41) is 6.32. The Kier molecular flexibility index (Phi) is 8.00. The molecule has 0 saturated carbocycles. The summed E-state index contributed by atoms with van der Waals surface area (Å²) in [6, 6.07) is 5.41. The monoisotopic (exact) mass is 366 g/mol. The lowest BCUT2D eigenvalue weighted by molar-refractivity contribution is -0.136. The van der Waals surface area contributed by atoms with Crippen molar-refractivity contribution in [2.45, 2.75) is 19.3 Å². The molecule has 1 aliphatic heterocycles. The summed E-state index contributed by atoms with van der Waals surface area (Å²) in [7, 11) is 4.85. The number of ether oxygens (including phenoxy) is 4. The third-order valence-electron chi connectivity index (χ3n) is 4.66. The molecule has 0 aliphatic carbocycles. The highest BCUT2D eigenvalue weighted by Gasteiger charge is 2.39. The molecule has 1 aromatic carbocycles. The molecule has 146 valence electrons. The fraction of sp³-hybridized carbons (Fsp3) is 0.632. The Balaban J connectivity index is 1.77. The molecule has 2 rings (SSSR count). The zero-order chi connectivity index (χ0) is 18.8. The van der Waals surface area contributed by atoms with Crippen LogP contribution in [0, 0.1) is 5.41 Å². The Bertz CT molecular complexity index is 545. The van der Waals surface area contributed by atoms with Crippen molar-refractivity contribution >= 4 is 5.91 Å². The minimum atomic E-state index is -0.416. The van der Waals surface area contributed by atoms with Gasteiger partial charge in [-0.3, -0.25) is 4.79 Å². The summed E-state index contributed by atoms with van der Waals surface area (Å²) in [5.74, 6) is 2.12. The van der Waals surface area contributed by atoms with Gasteiger partial charge in [0.1, 0.15) is 17.2 Å². The molecule has 0 unspecified atom stereocenters. The van der Waals surface area contributed by atoms with Gasteiger partial charge in [-0.05, 0) is 32.4 Å². The van der Waals surface area contributed by atoms with E-state index in [1.165, 1.54) is 0 Å². The number of amides is 1. The normalized spacial score (nSPS) is 16.0. The van der Waals surface area contributed by atoms with Gasteiger partial charge in [0.25, 0.3) is 0 Å². The van der Waals surface area contributed by atoms with Crippen LogP contribution in [0.25, 0.3) is 0 Å². The van der Waals surface area contributed by atoms with Gasteiger partial charge in [-0.15, -0.1) is 0 Å². The molecule has 2 N–H and O–H groups in total. The van der Waals surface area contributed by atoms with Crippen LogP contribution in [0.1, 0.15) is 19.3 Å². The fourth-order valence-electron chi connectivity index (χ4n) is 3.13. The maximum Gasteiger partial charge on any atom is 0.228 e. The second kappa shape index (κ2) is 10.2. The topological polar surface area (TPSA) is 78.1 Å². The Morgan fingerprint density at radius 1 is 1.08 bits per heavy atom. The highest BCUT2D eigenvalue weighted by Crippen LogP contribution is 2.29. The summed E-state index contributed by atoms with van der Waals surface area (Å²) in [5.41, 5.74) is -0.416. The summed E-state index contributed by atoms with van der Waals surface area (Å²) < 4.78 is 21.5. The van der Waals surface area contributed by atoms with Crippen LogP contribution in [0.5, 0.6) is 17.2 Å². The van der Waals surface area contributed by atoms with E-state index in [0.29, 0.717) is 43.4 Å². The molecular formula is C19H30N2O5. The molecule has 1 heterocycles. The first kappa shape index (κ1) is 20.3. The van der Waals surface area contributed by atoms with Crippen LogP contribution in [0.4, 0.5) is 0 Å². The van der Waals surface area contributed by atoms with Gasteiger partial charge < -0.3 is 29.6 Å². The van der Waals surface area contributed by atoms with Crippen LogP contribution in [0.3, 0.4) is 0 Å². The molecule has 1 fully saturated rings. The van der Waals surface area contributed by atoms with E-state index in [4.69, 9.17) is 18.9 Å². The minimum Gasteiger partial charge on any atom is -0.496 e. The van der Waals surface area contributed by atoms with E-state index < -0.39 is 5.41 Å². The Hall–Kier alpha value is -1.99. The zero-order valence-corrected chi connectivity index (χ0v) is 15.9. The number of rotatable bonds is 10. The largest absolute Gasteiger partial charge is 0.496 e. The van der Waals surface area contributed by atoms with Gasteiger partial charge in [-0.25, -0.2) is 0 Å². The number of benzene rings is 1. The van der Waals surface area contributed by atoms with Crippen LogP contribution in [0.2, 0.25) is 0 Å². The van der Waals surface area contributed by atoms with Gasteiger partial charge in [-0.1, -0.05) is 0 Å². The molecule has 0 spiro atoms. The number of nitrogens with one attached hydrogen (secondary N) is 2. The number of carbonyl (C=O) groups is 1. The van der Waals surface area contributed by atoms with Crippen molar-refractivity contribution in [1.29, 1.82) is 0 Å². The maximum absolute atomic E-state index is 12.6. The molecule has 1 saturated heterocycles. The molecule has 7 heteroatoms. The van der Waals surface area contributed by atoms with Crippen LogP contribution in [-0.2, 0) is 9.53 Å². The number of carbonyl (C=O) groups excluding carboxylic acids is 1. The molecular weight excluding hydrogens is 336 g/mol. The molecule has 26 heavy (non-hydrogen) atoms. The summed E-state index contributed by atoms with van der Waals surface area (Å²) in [6.07, 6.45) is 2.31. The lowest BCUT2D eigenvalue weighted by atomic mass is 9.78.